The normalized spacial score (nSPS) is 37.3. The fraction of sp³-hybridized carbons (Fsp3) is 0.571. The number of halogens is 1. The van der Waals surface area contributed by atoms with E-state index in [9.17, 15) is 4.39 Å². The van der Waals surface area contributed by atoms with Gasteiger partial charge in [0.2, 0.25) is 0 Å². The van der Waals surface area contributed by atoms with Crippen molar-refractivity contribution in [3.8, 4) is 0 Å². The zero-order valence-electron chi connectivity index (χ0n) is 9.93. The Kier molecular flexibility index (Phi) is 2.89. The number of piperidine rings is 1. The minimum Gasteiger partial charge on any atom is -0.326 e. The molecule has 0 unspecified atom stereocenters. The first kappa shape index (κ1) is 11.2. The maximum absolute atomic E-state index is 14.0. The Bertz CT molecular complexity index is 377. The molecule has 3 rings (SSSR count). The molecular weight excluding hydrogens is 215 g/mol. The maximum atomic E-state index is 14.0. The van der Waals surface area contributed by atoms with Crippen LogP contribution in [0.2, 0.25) is 0 Å². The van der Waals surface area contributed by atoms with E-state index < -0.39 is 6.17 Å². The molecule has 4 atom stereocenters. The molecule has 0 aromatic heterocycles. The van der Waals surface area contributed by atoms with E-state index in [1.165, 1.54) is 5.56 Å². The van der Waals surface area contributed by atoms with Crippen LogP contribution < -0.4 is 5.73 Å². The van der Waals surface area contributed by atoms with Crippen LogP contribution in [0.25, 0.3) is 0 Å². The minimum atomic E-state index is -0.735. The predicted molar refractivity (Wildman–Crippen MR) is 66.3 cm³/mol. The van der Waals surface area contributed by atoms with Crippen LogP contribution in [-0.4, -0.2) is 29.2 Å². The summed E-state index contributed by atoms with van der Waals surface area (Å²) in [5.74, 6) is 0. The molecule has 0 radical (unpaired) electrons. The highest BCUT2D eigenvalue weighted by atomic mass is 19.1. The molecule has 92 valence electrons. The van der Waals surface area contributed by atoms with Crippen molar-refractivity contribution in [1.29, 1.82) is 0 Å². The summed E-state index contributed by atoms with van der Waals surface area (Å²) in [5, 5.41) is 0. The Morgan fingerprint density at radius 2 is 2.00 bits per heavy atom. The maximum Gasteiger partial charge on any atom is 0.119 e. The molecule has 2 nitrogen and oxygen atoms in total. The molecule has 2 heterocycles. The third kappa shape index (κ3) is 1.98. The van der Waals surface area contributed by atoms with Gasteiger partial charge in [-0.3, -0.25) is 4.90 Å². The molecule has 2 N–H and O–H groups in total. The average Bonchev–Trinajstić information content (AvgIpc) is 2.55. The SMILES string of the molecule is N[C@H]1CC[C@H]2C[C@H](F)[C@@H]1N2Cc1ccccc1. The van der Waals surface area contributed by atoms with Gasteiger partial charge in [-0.05, 0) is 24.8 Å². The molecule has 3 heteroatoms. The van der Waals surface area contributed by atoms with Gasteiger partial charge in [0.05, 0.1) is 6.04 Å². The zero-order chi connectivity index (χ0) is 11.8. The van der Waals surface area contributed by atoms with E-state index in [1.54, 1.807) is 0 Å². The van der Waals surface area contributed by atoms with Crippen molar-refractivity contribution in [2.45, 2.75) is 50.1 Å². The summed E-state index contributed by atoms with van der Waals surface area (Å²) < 4.78 is 14.0. The molecule has 17 heavy (non-hydrogen) atoms. The third-order valence-electron chi connectivity index (χ3n) is 4.20. The lowest BCUT2D eigenvalue weighted by Crippen LogP contribution is -2.52. The molecule has 0 amide bonds. The number of nitrogens with two attached hydrogens (primary N) is 1. The Hall–Kier alpha value is -0.930. The summed E-state index contributed by atoms with van der Waals surface area (Å²) >= 11 is 0. The first-order chi connectivity index (χ1) is 8.25. The number of fused-ring (bicyclic) bond motifs is 2. The van der Waals surface area contributed by atoms with E-state index in [0.717, 1.165) is 19.4 Å². The molecule has 0 saturated carbocycles. The highest BCUT2D eigenvalue weighted by Crippen LogP contribution is 2.37. The van der Waals surface area contributed by atoms with Crippen molar-refractivity contribution in [2.24, 2.45) is 5.73 Å². The van der Waals surface area contributed by atoms with E-state index >= 15 is 0 Å². The van der Waals surface area contributed by atoms with Crippen LogP contribution in [0.1, 0.15) is 24.8 Å². The quantitative estimate of drug-likeness (QED) is 0.849. The van der Waals surface area contributed by atoms with E-state index in [4.69, 9.17) is 5.73 Å². The lowest BCUT2D eigenvalue weighted by atomic mass is 9.97. The topological polar surface area (TPSA) is 29.3 Å². The molecule has 2 bridgehead atoms. The van der Waals surface area contributed by atoms with E-state index in [-0.39, 0.29) is 12.1 Å². The van der Waals surface area contributed by atoms with Crippen molar-refractivity contribution in [1.82, 2.24) is 4.90 Å². The van der Waals surface area contributed by atoms with Gasteiger partial charge in [0, 0.05) is 18.6 Å². The second kappa shape index (κ2) is 4.39. The summed E-state index contributed by atoms with van der Waals surface area (Å²) in [6.45, 7) is 0.838. The van der Waals surface area contributed by atoms with Crippen molar-refractivity contribution >= 4 is 0 Å². The molecule has 2 saturated heterocycles. The van der Waals surface area contributed by atoms with Gasteiger partial charge in [-0.2, -0.15) is 0 Å². The highest BCUT2D eigenvalue weighted by molar-refractivity contribution is 5.16. The second-order valence-electron chi connectivity index (χ2n) is 5.30. The average molecular weight is 234 g/mol. The van der Waals surface area contributed by atoms with Crippen molar-refractivity contribution in [2.75, 3.05) is 0 Å². The largest absolute Gasteiger partial charge is 0.326 e. The molecule has 2 aliphatic rings. The van der Waals surface area contributed by atoms with Crippen LogP contribution in [0.15, 0.2) is 30.3 Å². The van der Waals surface area contributed by atoms with Crippen LogP contribution in [0.5, 0.6) is 0 Å². The first-order valence-electron chi connectivity index (χ1n) is 6.45. The lowest BCUT2D eigenvalue weighted by Gasteiger charge is -2.38. The van der Waals surface area contributed by atoms with Crippen LogP contribution in [-0.2, 0) is 6.54 Å². The number of hydrogen-bond donors (Lipinski definition) is 1. The van der Waals surface area contributed by atoms with Gasteiger partial charge in [-0.15, -0.1) is 0 Å². The monoisotopic (exact) mass is 234 g/mol. The van der Waals surface area contributed by atoms with Gasteiger partial charge in [0.1, 0.15) is 6.17 Å². The Morgan fingerprint density at radius 3 is 2.76 bits per heavy atom. The van der Waals surface area contributed by atoms with Gasteiger partial charge in [0.25, 0.3) is 0 Å². The van der Waals surface area contributed by atoms with Crippen LogP contribution in [0.4, 0.5) is 4.39 Å². The Labute approximate surface area is 102 Å². The van der Waals surface area contributed by atoms with Gasteiger partial charge in [-0.1, -0.05) is 30.3 Å². The van der Waals surface area contributed by atoms with Gasteiger partial charge in [0.15, 0.2) is 0 Å². The third-order valence-corrected chi connectivity index (χ3v) is 4.20. The first-order valence-corrected chi connectivity index (χ1v) is 6.45. The predicted octanol–water partition coefficient (Wildman–Crippen LogP) is 2.09. The number of benzene rings is 1. The van der Waals surface area contributed by atoms with E-state index in [1.807, 2.05) is 18.2 Å². The molecule has 0 spiro atoms. The highest BCUT2D eigenvalue weighted by Gasteiger charge is 2.47. The van der Waals surface area contributed by atoms with Crippen molar-refractivity contribution in [3.05, 3.63) is 35.9 Å². The summed E-state index contributed by atoms with van der Waals surface area (Å²) in [6.07, 6.45) is 1.96. The lowest BCUT2D eigenvalue weighted by molar-refractivity contribution is 0.0935. The van der Waals surface area contributed by atoms with Crippen LogP contribution in [0.3, 0.4) is 0 Å². The minimum absolute atomic E-state index is 0.00691. The molecule has 1 aromatic carbocycles. The molecular formula is C14H19FN2. The van der Waals surface area contributed by atoms with Crippen molar-refractivity contribution < 1.29 is 4.39 Å². The number of alkyl halides is 1. The number of hydrogen-bond acceptors (Lipinski definition) is 2. The zero-order valence-corrected chi connectivity index (χ0v) is 9.93. The Balaban J connectivity index is 1.79. The molecule has 1 aromatic rings. The standard InChI is InChI=1S/C14H19FN2/c15-12-8-11-6-7-13(16)14(12)17(11)9-10-4-2-1-3-5-10/h1-5,11-14H,6-9,16H2/t11-,12-,13-,14-/m0/s1. The molecule has 2 aliphatic heterocycles. The number of rotatable bonds is 2. The summed E-state index contributed by atoms with van der Waals surface area (Å²) in [7, 11) is 0. The fourth-order valence-electron chi connectivity index (χ4n) is 3.37. The second-order valence-corrected chi connectivity index (χ2v) is 5.30. The van der Waals surface area contributed by atoms with Gasteiger partial charge >= 0.3 is 0 Å². The smallest absolute Gasteiger partial charge is 0.119 e. The molecule has 2 fully saturated rings. The van der Waals surface area contributed by atoms with Gasteiger partial charge < -0.3 is 5.73 Å². The number of nitrogens with zero attached hydrogens (tertiary/aromatic N) is 1. The molecule has 0 aliphatic carbocycles. The van der Waals surface area contributed by atoms with E-state index in [0.29, 0.717) is 12.5 Å². The summed E-state index contributed by atoms with van der Waals surface area (Å²) in [5.41, 5.74) is 7.32. The van der Waals surface area contributed by atoms with Crippen LogP contribution in [0, 0.1) is 0 Å². The summed E-state index contributed by atoms with van der Waals surface area (Å²) in [4.78, 5) is 2.29. The van der Waals surface area contributed by atoms with Gasteiger partial charge in [-0.25, -0.2) is 4.39 Å². The fourth-order valence-corrected chi connectivity index (χ4v) is 3.37. The Morgan fingerprint density at radius 1 is 1.24 bits per heavy atom. The van der Waals surface area contributed by atoms with Crippen molar-refractivity contribution in [3.63, 3.8) is 0 Å². The van der Waals surface area contributed by atoms with Crippen LogP contribution >= 0.6 is 0 Å². The van der Waals surface area contributed by atoms with E-state index in [2.05, 4.69) is 17.0 Å². The summed E-state index contributed by atoms with van der Waals surface area (Å²) in [6, 6.07) is 10.6.